The Hall–Kier alpha value is -2.01. The molecule has 2 aromatic rings. The number of pyridine rings is 1. The molecule has 0 fully saturated rings. The van der Waals surface area contributed by atoms with Crippen LogP contribution < -0.4 is 4.74 Å². The lowest BCUT2D eigenvalue weighted by molar-refractivity contribution is 0.0795. The first-order valence-electron chi connectivity index (χ1n) is 7.28. The number of nitrogens with zero attached hydrogens (tertiary/aromatic N) is 2. The van der Waals surface area contributed by atoms with Gasteiger partial charge in [0.1, 0.15) is 0 Å². The molecule has 116 valence electrons. The summed E-state index contributed by atoms with van der Waals surface area (Å²) in [5.41, 5.74) is 4.65. The first kappa shape index (κ1) is 14.9. The van der Waals surface area contributed by atoms with Gasteiger partial charge in [-0.15, -0.1) is 0 Å². The molecule has 0 saturated carbocycles. The molecule has 22 heavy (non-hydrogen) atoms. The van der Waals surface area contributed by atoms with E-state index < -0.39 is 13.0 Å². The molecule has 0 amide bonds. The third-order valence-electron chi connectivity index (χ3n) is 3.83. The Morgan fingerprint density at radius 2 is 1.82 bits per heavy atom. The zero-order valence-electron chi connectivity index (χ0n) is 12.4. The van der Waals surface area contributed by atoms with Crippen LogP contribution in [0.5, 0.6) is 5.88 Å². The van der Waals surface area contributed by atoms with Crippen molar-refractivity contribution in [1.29, 1.82) is 0 Å². The van der Waals surface area contributed by atoms with Crippen LogP contribution in [0.25, 0.3) is 0 Å². The average Bonchev–Trinajstić information content (AvgIpc) is 2.90. The summed E-state index contributed by atoms with van der Waals surface area (Å²) in [6.45, 7) is 3.92. The number of benzene rings is 1. The van der Waals surface area contributed by atoms with E-state index in [-0.39, 0.29) is 5.88 Å². The molecule has 0 saturated heterocycles. The van der Waals surface area contributed by atoms with Crippen molar-refractivity contribution in [2.45, 2.75) is 33.0 Å². The molecular weight excluding hydrogens is 286 g/mol. The zero-order valence-corrected chi connectivity index (χ0v) is 12.4. The van der Waals surface area contributed by atoms with Gasteiger partial charge in [0.25, 0.3) is 6.43 Å². The van der Waals surface area contributed by atoms with E-state index in [1.165, 1.54) is 11.1 Å². The number of hydrogen-bond donors (Lipinski definition) is 0. The van der Waals surface area contributed by atoms with E-state index in [1.807, 2.05) is 13.0 Å². The van der Waals surface area contributed by atoms with Crippen molar-refractivity contribution in [2.75, 3.05) is 6.61 Å². The van der Waals surface area contributed by atoms with Gasteiger partial charge in [-0.2, -0.15) is 0 Å². The first-order valence-corrected chi connectivity index (χ1v) is 7.28. The Morgan fingerprint density at radius 1 is 1.14 bits per heavy atom. The molecule has 0 aliphatic carbocycles. The van der Waals surface area contributed by atoms with Gasteiger partial charge in [0.15, 0.2) is 6.61 Å². The Bertz CT molecular complexity index is 636. The molecule has 0 unspecified atom stereocenters. The fraction of sp³-hybridized carbons (Fsp3) is 0.353. The predicted molar refractivity (Wildman–Crippen MR) is 79.9 cm³/mol. The highest BCUT2D eigenvalue weighted by atomic mass is 19.3. The summed E-state index contributed by atoms with van der Waals surface area (Å²) in [6, 6.07) is 12.0. The molecule has 1 aliphatic heterocycles. The fourth-order valence-corrected chi connectivity index (χ4v) is 2.72. The number of aryl methyl sites for hydroxylation is 1. The van der Waals surface area contributed by atoms with Gasteiger partial charge in [0, 0.05) is 31.4 Å². The van der Waals surface area contributed by atoms with Gasteiger partial charge in [-0.25, -0.2) is 13.8 Å². The minimum Gasteiger partial charge on any atom is -0.472 e. The van der Waals surface area contributed by atoms with E-state index in [1.54, 1.807) is 6.07 Å². The summed E-state index contributed by atoms with van der Waals surface area (Å²) < 4.78 is 29.2. The number of rotatable bonds is 5. The van der Waals surface area contributed by atoms with Crippen LogP contribution in [-0.2, 0) is 19.6 Å². The lowest BCUT2D eigenvalue weighted by atomic mass is 10.1. The summed E-state index contributed by atoms with van der Waals surface area (Å²) in [5, 5.41) is 0. The topological polar surface area (TPSA) is 25.4 Å². The molecule has 0 radical (unpaired) electrons. The molecule has 1 aliphatic rings. The molecule has 0 spiro atoms. The molecule has 1 aromatic heterocycles. The van der Waals surface area contributed by atoms with Gasteiger partial charge < -0.3 is 4.74 Å². The summed E-state index contributed by atoms with van der Waals surface area (Å²) in [4.78, 5) is 6.60. The summed E-state index contributed by atoms with van der Waals surface area (Å²) in [6.07, 6.45) is -2.48. The van der Waals surface area contributed by atoms with E-state index in [0.717, 1.165) is 30.9 Å². The number of aromatic nitrogens is 1. The molecule has 5 heteroatoms. The van der Waals surface area contributed by atoms with Crippen molar-refractivity contribution >= 4 is 0 Å². The molecule has 0 atom stereocenters. The third-order valence-corrected chi connectivity index (χ3v) is 3.83. The summed E-state index contributed by atoms with van der Waals surface area (Å²) >= 11 is 0. The van der Waals surface area contributed by atoms with Crippen LogP contribution in [0.2, 0.25) is 0 Å². The largest absolute Gasteiger partial charge is 0.472 e. The van der Waals surface area contributed by atoms with Crippen LogP contribution in [0.15, 0.2) is 36.4 Å². The Kier molecular flexibility index (Phi) is 4.34. The lowest BCUT2D eigenvalue weighted by Gasteiger charge is -2.16. The smallest absolute Gasteiger partial charge is 0.272 e. The highest BCUT2D eigenvalue weighted by Gasteiger charge is 2.19. The van der Waals surface area contributed by atoms with Crippen LogP contribution in [0.3, 0.4) is 0 Å². The van der Waals surface area contributed by atoms with Crippen LogP contribution in [-0.4, -0.2) is 22.9 Å². The summed E-state index contributed by atoms with van der Waals surface area (Å²) in [5.74, 6) is 0.256. The van der Waals surface area contributed by atoms with Gasteiger partial charge in [-0.3, -0.25) is 4.90 Å². The predicted octanol–water partition coefficient (Wildman–Crippen LogP) is 3.55. The van der Waals surface area contributed by atoms with Gasteiger partial charge in [-0.1, -0.05) is 30.3 Å². The SMILES string of the molecule is Cc1nc(OCC(F)F)ccc1CN1Cc2ccccc2C1. The Morgan fingerprint density at radius 3 is 2.41 bits per heavy atom. The van der Waals surface area contributed by atoms with E-state index in [4.69, 9.17) is 4.74 Å². The second kappa shape index (κ2) is 6.40. The maximum Gasteiger partial charge on any atom is 0.272 e. The molecule has 0 N–H and O–H groups in total. The molecule has 1 aromatic carbocycles. The van der Waals surface area contributed by atoms with Crippen LogP contribution in [0.1, 0.15) is 22.4 Å². The number of alkyl halides is 2. The van der Waals surface area contributed by atoms with E-state index in [2.05, 4.69) is 34.1 Å². The molecule has 0 bridgehead atoms. The standard InChI is InChI=1S/C17H18F2N2O/c1-12-13(6-7-17(20-12)22-11-16(18)19)8-21-9-14-4-2-3-5-15(14)10-21/h2-7,16H,8-11H2,1H3. The average molecular weight is 304 g/mol. The molecule has 3 rings (SSSR count). The number of halogens is 2. The van der Waals surface area contributed by atoms with Gasteiger partial charge in [0.2, 0.25) is 5.88 Å². The number of ether oxygens (including phenoxy) is 1. The zero-order chi connectivity index (χ0) is 15.5. The van der Waals surface area contributed by atoms with Crippen LogP contribution in [0.4, 0.5) is 8.78 Å². The lowest BCUT2D eigenvalue weighted by Crippen LogP contribution is -2.17. The number of fused-ring (bicyclic) bond motifs is 1. The molecule has 3 nitrogen and oxygen atoms in total. The maximum atomic E-state index is 12.1. The fourth-order valence-electron chi connectivity index (χ4n) is 2.72. The quantitative estimate of drug-likeness (QED) is 0.844. The number of hydrogen-bond acceptors (Lipinski definition) is 3. The van der Waals surface area contributed by atoms with Crippen molar-refractivity contribution in [1.82, 2.24) is 9.88 Å². The van der Waals surface area contributed by atoms with Gasteiger partial charge in [0.05, 0.1) is 0 Å². The minimum absolute atomic E-state index is 0.256. The van der Waals surface area contributed by atoms with Crippen molar-refractivity contribution in [3.8, 4) is 5.88 Å². The van der Waals surface area contributed by atoms with Crippen LogP contribution in [0, 0.1) is 6.92 Å². The van der Waals surface area contributed by atoms with Crippen molar-refractivity contribution in [3.63, 3.8) is 0 Å². The van der Waals surface area contributed by atoms with Crippen molar-refractivity contribution < 1.29 is 13.5 Å². The van der Waals surface area contributed by atoms with Crippen molar-refractivity contribution in [2.24, 2.45) is 0 Å². The second-order valence-corrected chi connectivity index (χ2v) is 5.51. The molecular formula is C17H18F2N2O. The van der Waals surface area contributed by atoms with Gasteiger partial charge >= 0.3 is 0 Å². The highest BCUT2D eigenvalue weighted by molar-refractivity contribution is 5.31. The van der Waals surface area contributed by atoms with E-state index in [0.29, 0.717) is 0 Å². The maximum absolute atomic E-state index is 12.1. The Balaban J connectivity index is 1.64. The molecule has 2 heterocycles. The van der Waals surface area contributed by atoms with Gasteiger partial charge in [-0.05, 0) is 23.6 Å². The summed E-state index contributed by atoms with van der Waals surface area (Å²) in [7, 11) is 0. The monoisotopic (exact) mass is 304 g/mol. The van der Waals surface area contributed by atoms with E-state index >= 15 is 0 Å². The third kappa shape index (κ3) is 3.42. The van der Waals surface area contributed by atoms with Crippen molar-refractivity contribution in [3.05, 3.63) is 58.8 Å². The van der Waals surface area contributed by atoms with E-state index in [9.17, 15) is 8.78 Å². The first-order chi connectivity index (χ1) is 10.6. The van der Waals surface area contributed by atoms with Crippen LogP contribution >= 0.6 is 0 Å². The minimum atomic E-state index is -2.48. The highest BCUT2D eigenvalue weighted by Crippen LogP contribution is 2.25. The normalized spacial score (nSPS) is 14.4. The Labute approximate surface area is 128 Å². The second-order valence-electron chi connectivity index (χ2n) is 5.51.